The third kappa shape index (κ3) is 3.22. The molecular weight excluding hydrogens is 309 g/mol. The molecule has 1 amide bonds. The van der Waals surface area contributed by atoms with Crippen LogP contribution in [0.1, 0.15) is 16.2 Å². The van der Waals surface area contributed by atoms with Crippen LogP contribution >= 0.6 is 0 Å². The molecule has 1 aromatic heterocycles. The van der Waals surface area contributed by atoms with Gasteiger partial charge in [-0.3, -0.25) is 4.79 Å². The van der Waals surface area contributed by atoms with E-state index in [-0.39, 0.29) is 11.7 Å². The molecular formula is C18H18FN3O2. The van der Waals surface area contributed by atoms with Crippen LogP contribution < -0.4 is 10.1 Å². The first-order valence-corrected chi connectivity index (χ1v) is 7.61. The minimum absolute atomic E-state index is 0.226. The summed E-state index contributed by atoms with van der Waals surface area (Å²) in [7, 11) is 3.56. The molecule has 2 aromatic carbocycles. The number of carbonyl (C=O) groups excluding carboxylic acids is 1. The number of imidazole rings is 1. The molecule has 6 heteroatoms. The van der Waals surface area contributed by atoms with Crippen LogP contribution in [0.4, 0.5) is 4.39 Å². The lowest BCUT2D eigenvalue weighted by atomic mass is 10.2. The van der Waals surface area contributed by atoms with Gasteiger partial charge in [-0.1, -0.05) is 0 Å². The summed E-state index contributed by atoms with van der Waals surface area (Å²) in [5, 5.41) is 2.82. The molecule has 0 aliphatic heterocycles. The Morgan fingerprint density at radius 2 is 2.00 bits per heavy atom. The summed E-state index contributed by atoms with van der Waals surface area (Å²) in [6.07, 6.45) is 0.598. The van der Waals surface area contributed by atoms with Gasteiger partial charge in [0.05, 0.1) is 18.1 Å². The van der Waals surface area contributed by atoms with Gasteiger partial charge in [-0.05, 0) is 36.4 Å². The summed E-state index contributed by atoms with van der Waals surface area (Å²) in [5.74, 6) is 1.05. The Balaban J connectivity index is 1.66. The van der Waals surface area contributed by atoms with Crippen molar-refractivity contribution in [1.82, 2.24) is 14.9 Å². The number of nitrogens with one attached hydrogen (secondary N) is 1. The van der Waals surface area contributed by atoms with Crippen molar-refractivity contribution < 1.29 is 13.9 Å². The number of aryl methyl sites for hydroxylation is 1. The van der Waals surface area contributed by atoms with Crippen LogP contribution in [-0.4, -0.2) is 29.1 Å². The minimum atomic E-state index is -0.360. The van der Waals surface area contributed by atoms with Crippen LogP contribution in [0, 0.1) is 5.82 Å². The normalized spacial score (nSPS) is 10.8. The Morgan fingerprint density at radius 1 is 1.25 bits per heavy atom. The van der Waals surface area contributed by atoms with Crippen LogP contribution in [0.3, 0.4) is 0 Å². The highest BCUT2D eigenvalue weighted by Gasteiger charge is 2.10. The van der Waals surface area contributed by atoms with Crippen molar-refractivity contribution in [1.29, 1.82) is 0 Å². The van der Waals surface area contributed by atoms with Gasteiger partial charge in [-0.25, -0.2) is 9.37 Å². The lowest BCUT2D eigenvalue weighted by molar-refractivity contribution is 0.0954. The van der Waals surface area contributed by atoms with Gasteiger partial charge in [0.25, 0.3) is 5.91 Å². The first kappa shape index (κ1) is 16.0. The van der Waals surface area contributed by atoms with Crippen LogP contribution in [0.5, 0.6) is 5.75 Å². The molecule has 0 saturated carbocycles. The third-order valence-electron chi connectivity index (χ3n) is 3.92. The van der Waals surface area contributed by atoms with E-state index >= 15 is 0 Å². The van der Waals surface area contributed by atoms with Crippen LogP contribution in [0.15, 0.2) is 42.5 Å². The molecule has 0 radical (unpaired) electrons. The van der Waals surface area contributed by atoms with E-state index in [1.807, 2.05) is 29.8 Å². The zero-order valence-electron chi connectivity index (χ0n) is 13.5. The lowest BCUT2D eigenvalue weighted by Gasteiger charge is -2.06. The Kier molecular flexibility index (Phi) is 4.46. The van der Waals surface area contributed by atoms with Crippen molar-refractivity contribution in [3.63, 3.8) is 0 Å². The van der Waals surface area contributed by atoms with Gasteiger partial charge in [0.2, 0.25) is 0 Å². The highest BCUT2D eigenvalue weighted by atomic mass is 19.1. The second-order valence-corrected chi connectivity index (χ2v) is 5.45. The summed E-state index contributed by atoms with van der Waals surface area (Å²) in [5.41, 5.74) is 2.30. The van der Waals surface area contributed by atoms with Gasteiger partial charge in [0.15, 0.2) is 0 Å². The van der Waals surface area contributed by atoms with Gasteiger partial charge in [0.1, 0.15) is 17.4 Å². The fraction of sp³-hybridized carbons (Fsp3) is 0.222. The number of amides is 1. The topological polar surface area (TPSA) is 56.1 Å². The number of methoxy groups -OCH3 is 1. The zero-order chi connectivity index (χ0) is 17.1. The highest BCUT2D eigenvalue weighted by Crippen LogP contribution is 2.21. The van der Waals surface area contributed by atoms with E-state index in [1.54, 1.807) is 7.11 Å². The fourth-order valence-corrected chi connectivity index (χ4v) is 2.57. The Hall–Kier alpha value is -2.89. The SMILES string of the molecule is COc1ccc2c(c1)nc(CCNC(=O)c1ccc(F)cc1)n2C. The second-order valence-electron chi connectivity index (χ2n) is 5.45. The summed E-state index contributed by atoms with van der Waals surface area (Å²) in [4.78, 5) is 16.6. The molecule has 3 rings (SSSR count). The maximum atomic E-state index is 12.9. The van der Waals surface area contributed by atoms with Gasteiger partial charge < -0.3 is 14.6 Å². The van der Waals surface area contributed by atoms with Crippen molar-refractivity contribution in [3.8, 4) is 5.75 Å². The second kappa shape index (κ2) is 6.70. The first-order chi connectivity index (χ1) is 11.6. The lowest BCUT2D eigenvalue weighted by Crippen LogP contribution is -2.26. The van der Waals surface area contributed by atoms with E-state index < -0.39 is 0 Å². The van der Waals surface area contributed by atoms with Crippen LogP contribution in [0.2, 0.25) is 0 Å². The molecule has 24 heavy (non-hydrogen) atoms. The summed E-state index contributed by atoms with van der Waals surface area (Å²) in [6.45, 7) is 0.449. The largest absolute Gasteiger partial charge is 0.497 e. The van der Waals surface area contributed by atoms with Crippen LogP contribution in [-0.2, 0) is 13.5 Å². The van der Waals surface area contributed by atoms with E-state index in [4.69, 9.17) is 4.74 Å². The molecule has 1 heterocycles. The molecule has 0 aliphatic carbocycles. The number of nitrogens with zero attached hydrogens (tertiary/aromatic N) is 2. The predicted molar refractivity (Wildman–Crippen MR) is 89.7 cm³/mol. The van der Waals surface area contributed by atoms with Gasteiger partial charge in [0, 0.05) is 31.6 Å². The molecule has 0 spiro atoms. The van der Waals surface area contributed by atoms with E-state index in [1.165, 1.54) is 24.3 Å². The number of hydrogen-bond donors (Lipinski definition) is 1. The minimum Gasteiger partial charge on any atom is -0.497 e. The predicted octanol–water partition coefficient (Wildman–Crippen LogP) is 2.69. The molecule has 1 N–H and O–H groups in total. The standard InChI is InChI=1S/C18H18FN3O2/c1-22-16-8-7-14(24-2)11-15(16)21-17(22)9-10-20-18(23)12-3-5-13(19)6-4-12/h3-8,11H,9-10H2,1-2H3,(H,20,23). The van der Waals surface area contributed by atoms with E-state index in [0.29, 0.717) is 18.5 Å². The molecule has 0 aliphatic rings. The molecule has 5 nitrogen and oxygen atoms in total. The van der Waals surface area contributed by atoms with Crippen molar-refractivity contribution in [2.45, 2.75) is 6.42 Å². The summed E-state index contributed by atoms with van der Waals surface area (Å²) >= 11 is 0. The summed E-state index contributed by atoms with van der Waals surface area (Å²) < 4.78 is 20.1. The Morgan fingerprint density at radius 3 is 2.71 bits per heavy atom. The fourth-order valence-electron chi connectivity index (χ4n) is 2.57. The molecule has 0 unspecified atom stereocenters. The maximum absolute atomic E-state index is 12.9. The van der Waals surface area contributed by atoms with E-state index in [2.05, 4.69) is 10.3 Å². The summed E-state index contributed by atoms with van der Waals surface area (Å²) in [6, 6.07) is 11.2. The van der Waals surface area contributed by atoms with Crippen molar-refractivity contribution in [2.24, 2.45) is 7.05 Å². The first-order valence-electron chi connectivity index (χ1n) is 7.61. The zero-order valence-corrected chi connectivity index (χ0v) is 13.5. The van der Waals surface area contributed by atoms with Gasteiger partial charge in [-0.2, -0.15) is 0 Å². The number of halogens is 1. The number of ether oxygens (including phenoxy) is 1. The monoisotopic (exact) mass is 327 g/mol. The number of benzene rings is 2. The third-order valence-corrected chi connectivity index (χ3v) is 3.92. The average molecular weight is 327 g/mol. The Labute approximate surface area is 139 Å². The molecule has 0 fully saturated rings. The quantitative estimate of drug-likeness (QED) is 0.784. The van der Waals surface area contributed by atoms with Gasteiger partial charge >= 0.3 is 0 Å². The molecule has 0 saturated heterocycles. The number of aromatic nitrogens is 2. The molecule has 0 atom stereocenters. The number of hydrogen-bond acceptors (Lipinski definition) is 3. The van der Waals surface area contributed by atoms with E-state index in [9.17, 15) is 9.18 Å². The maximum Gasteiger partial charge on any atom is 0.251 e. The van der Waals surface area contributed by atoms with Gasteiger partial charge in [-0.15, -0.1) is 0 Å². The number of fused-ring (bicyclic) bond motifs is 1. The average Bonchev–Trinajstić information content (AvgIpc) is 2.91. The van der Waals surface area contributed by atoms with Crippen molar-refractivity contribution in [3.05, 3.63) is 59.7 Å². The Bertz CT molecular complexity index is 872. The molecule has 0 bridgehead atoms. The highest BCUT2D eigenvalue weighted by molar-refractivity contribution is 5.94. The number of rotatable bonds is 5. The number of carbonyl (C=O) groups is 1. The molecule has 3 aromatic rings. The van der Waals surface area contributed by atoms with Crippen molar-refractivity contribution in [2.75, 3.05) is 13.7 Å². The smallest absolute Gasteiger partial charge is 0.251 e. The van der Waals surface area contributed by atoms with Crippen molar-refractivity contribution >= 4 is 16.9 Å². The molecule has 124 valence electrons. The van der Waals surface area contributed by atoms with Crippen LogP contribution in [0.25, 0.3) is 11.0 Å². The van der Waals surface area contributed by atoms with E-state index in [0.717, 1.165) is 22.6 Å².